The summed E-state index contributed by atoms with van der Waals surface area (Å²) < 4.78 is 12.8. The highest BCUT2D eigenvalue weighted by atomic mass is 19.1. The fourth-order valence-corrected chi connectivity index (χ4v) is 1.87. The van der Waals surface area contributed by atoms with Gasteiger partial charge in [0.05, 0.1) is 0 Å². The summed E-state index contributed by atoms with van der Waals surface area (Å²) >= 11 is 0. The molecule has 0 unspecified atom stereocenters. The Hall–Kier alpha value is -2.56. The fourth-order valence-electron chi connectivity index (χ4n) is 1.87. The van der Waals surface area contributed by atoms with E-state index in [0.717, 1.165) is 11.6 Å². The molecule has 0 aromatic heterocycles. The van der Waals surface area contributed by atoms with Gasteiger partial charge in [0, 0.05) is 25.2 Å². The number of aromatic hydroxyl groups is 2. The number of phenols is 2. The molecule has 0 saturated heterocycles. The van der Waals surface area contributed by atoms with E-state index < -0.39 is 0 Å². The molecule has 0 spiro atoms. The van der Waals surface area contributed by atoms with E-state index in [4.69, 9.17) is 0 Å². The molecule has 1 amide bonds. The van der Waals surface area contributed by atoms with Gasteiger partial charge in [-0.2, -0.15) is 0 Å². The average molecular weight is 275 g/mol. The number of phenolic OH excluding ortho intramolecular Hbond substituents is 2. The number of carbonyl (C=O) groups excluding carboxylic acids is 1. The minimum atomic E-state index is -0.347. The van der Waals surface area contributed by atoms with E-state index >= 15 is 0 Å². The Kier molecular flexibility index (Phi) is 3.89. The first kappa shape index (κ1) is 13.9. The van der Waals surface area contributed by atoms with Crippen molar-refractivity contribution < 1.29 is 19.4 Å². The molecule has 0 aliphatic carbocycles. The quantitative estimate of drug-likeness (QED) is 0.904. The minimum Gasteiger partial charge on any atom is -0.508 e. The highest BCUT2D eigenvalue weighted by Crippen LogP contribution is 2.21. The Morgan fingerprint density at radius 1 is 1.10 bits per heavy atom. The molecule has 104 valence electrons. The number of hydrogen-bond acceptors (Lipinski definition) is 3. The number of nitrogens with zero attached hydrogens (tertiary/aromatic N) is 1. The molecule has 0 heterocycles. The number of hydrogen-bond donors (Lipinski definition) is 2. The second kappa shape index (κ2) is 5.61. The molecule has 0 fully saturated rings. The topological polar surface area (TPSA) is 60.8 Å². The number of carbonyl (C=O) groups is 1. The number of rotatable bonds is 3. The van der Waals surface area contributed by atoms with Gasteiger partial charge in [0.2, 0.25) is 0 Å². The van der Waals surface area contributed by atoms with Crippen LogP contribution in [0.15, 0.2) is 42.5 Å². The van der Waals surface area contributed by atoms with Crippen LogP contribution in [0.3, 0.4) is 0 Å². The third-order valence-corrected chi connectivity index (χ3v) is 2.83. The van der Waals surface area contributed by atoms with Crippen LogP contribution in [0.25, 0.3) is 0 Å². The van der Waals surface area contributed by atoms with Crippen LogP contribution < -0.4 is 0 Å². The molecule has 2 rings (SSSR count). The third-order valence-electron chi connectivity index (χ3n) is 2.83. The molecule has 2 N–H and O–H groups in total. The zero-order chi connectivity index (χ0) is 14.7. The first-order chi connectivity index (χ1) is 9.45. The van der Waals surface area contributed by atoms with Crippen molar-refractivity contribution in [3.63, 3.8) is 0 Å². The van der Waals surface area contributed by atoms with Crippen molar-refractivity contribution in [1.82, 2.24) is 4.90 Å². The average Bonchev–Trinajstić information content (AvgIpc) is 2.39. The zero-order valence-corrected chi connectivity index (χ0v) is 10.9. The van der Waals surface area contributed by atoms with Gasteiger partial charge in [-0.1, -0.05) is 12.1 Å². The van der Waals surface area contributed by atoms with Crippen LogP contribution >= 0.6 is 0 Å². The van der Waals surface area contributed by atoms with E-state index in [2.05, 4.69) is 0 Å². The lowest BCUT2D eigenvalue weighted by Crippen LogP contribution is -2.26. The van der Waals surface area contributed by atoms with Crippen LogP contribution in [-0.2, 0) is 6.54 Å². The molecular weight excluding hydrogens is 261 g/mol. The number of amides is 1. The van der Waals surface area contributed by atoms with E-state index in [1.165, 1.54) is 29.2 Å². The standard InChI is InChI=1S/C15H14FNO3/c1-17(9-10-2-4-12(16)5-3-10)15(20)11-6-13(18)8-14(19)7-11/h2-8,18-19H,9H2,1H3. The summed E-state index contributed by atoms with van der Waals surface area (Å²) in [5.74, 6) is -1.03. The molecule has 5 heteroatoms. The Balaban J connectivity index is 2.14. The highest BCUT2D eigenvalue weighted by molar-refractivity contribution is 5.94. The molecule has 0 aliphatic heterocycles. The Labute approximate surface area is 115 Å². The van der Waals surface area contributed by atoms with E-state index in [9.17, 15) is 19.4 Å². The van der Waals surface area contributed by atoms with Crippen LogP contribution in [0.2, 0.25) is 0 Å². The van der Waals surface area contributed by atoms with Gasteiger partial charge in [-0.25, -0.2) is 4.39 Å². The van der Waals surface area contributed by atoms with Gasteiger partial charge < -0.3 is 15.1 Å². The van der Waals surface area contributed by atoms with Gasteiger partial charge >= 0.3 is 0 Å². The lowest BCUT2D eigenvalue weighted by molar-refractivity contribution is 0.0784. The van der Waals surface area contributed by atoms with Gasteiger partial charge in [0.25, 0.3) is 5.91 Å². The largest absolute Gasteiger partial charge is 0.508 e. The molecule has 0 bridgehead atoms. The van der Waals surface area contributed by atoms with Crippen molar-refractivity contribution in [3.05, 3.63) is 59.4 Å². The first-order valence-electron chi connectivity index (χ1n) is 5.98. The second-order valence-corrected chi connectivity index (χ2v) is 4.53. The predicted molar refractivity (Wildman–Crippen MR) is 72.0 cm³/mol. The van der Waals surface area contributed by atoms with Crippen LogP contribution in [0.4, 0.5) is 4.39 Å². The van der Waals surface area contributed by atoms with E-state index in [0.29, 0.717) is 6.54 Å². The maximum Gasteiger partial charge on any atom is 0.254 e. The molecule has 4 nitrogen and oxygen atoms in total. The maximum atomic E-state index is 12.8. The second-order valence-electron chi connectivity index (χ2n) is 4.53. The summed E-state index contributed by atoms with van der Waals surface area (Å²) in [7, 11) is 1.59. The lowest BCUT2D eigenvalue weighted by atomic mass is 10.1. The van der Waals surface area contributed by atoms with Crippen molar-refractivity contribution >= 4 is 5.91 Å². The zero-order valence-electron chi connectivity index (χ0n) is 10.9. The normalized spacial score (nSPS) is 10.3. The summed E-state index contributed by atoms with van der Waals surface area (Å²) in [5.41, 5.74) is 0.971. The smallest absolute Gasteiger partial charge is 0.254 e. The molecular formula is C15H14FNO3. The summed E-state index contributed by atoms with van der Waals surface area (Å²) in [5, 5.41) is 18.7. The van der Waals surface area contributed by atoms with Crippen molar-refractivity contribution in [2.75, 3.05) is 7.05 Å². The Bertz CT molecular complexity index is 605. The first-order valence-corrected chi connectivity index (χ1v) is 5.98. The van der Waals surface area contributed by atoms with Gasteiger partial charge in [-0.05, 0) is 29.8 Å². The summed E-state index contributed by atoms with van der Waals surface area (Å²) in [6.07, 6.45) is 0. The molecule has 0 saturated carbocycles. The predicted octanol–water partition coefficient (Wildman–Crippen LogP) is 2.51. The van der Waals surface area contributed by atoms with Gasteiger partial charge in [0.15, 0.2) is 0 Å². The van der Waals surface area contributed by atoms with Crippen LogP contribution in [0, 0.1) is 5.82 Å². The van der Waals surface area contributed by atoms with E-state index in [1.807, 2.05) is 0 Å². The van der Waals surface area contributed by atoms with Crippen molar-refractivity contribution in [3.8, 4) is 11.5 Å². The van der Waals surface area contributed by atoms with Crippen LogP contribution in [-0.4, -0.2) is 28.1 Å². The lowest BCUT2D eigenvalue weighted by Gasteiger charge is -2.17. The van der Waals surface area contributed by atoms with E-state index in [-0.39, 0.29) is 28.8 Å². The minimum absolute atomic E-state index is 0.177. The van der Waals surface area contributed by atoms with E-state index in [1.54, 1.807) is 19.2 Å². The van der Waals surface area contributed by atoms with Gasteiger partial charge in [-0.15, -0.1) is 0 Å². The molecule has 0 radical (unpaired) electrons. The summed E-state index contributed by atoms with van der Waals surface area (Å²) in [6, 6.07) is 9.56. The summed E-state index contributed by atoms with van der Waals surface area (Å²) in [6.45, 7) is 0.301. The molecule has 0 aliphatic rings. The van der Waals surface area contributed by atoms with Crippen molar-refractivity contribution in [2.45, 2.75) is 6.54 Å². The van der Waals surface area contributed by atoms with Crippen LogP contribution in [0.5, 0.6) is 11.5 Å². The highest BCUT2D eigenvalue weighted by Gasteiger charge is 2.14. The molecule has 2 aromatic carbocycles. The Morgan fingerprint density at radius 3 is 2.20 bits per heavy atom. The maximum absolute atomic E-state index is 12.8. The SMILES string of the molecule is CN(Cc1ccc(F)cc1)C(=O)c1cc(O)cc(O)c1. The van der Waals surface area contributed by atoms with Gasteiger partial charge in [-0.3, -0.25) is 4.79 Å². The molecule has 2 aromatic rings. The van der Waals surface area contributed by atoms with Crippen molar-refractivity contribution in [2.24, 2.45) is 0 Å². The summed E-state index contributed by atoms with van der Waals surface area (Å²) in [4.78, 5) is 13.6. The fraction of sp³-hybridized carbons (Fsp3) is 0.133. The Morgan fingerprint density at radius 2 is 1.65 bits per heavy atom. The van der Waals surface area contributed by atoms with Crippen molar-refractivity contribution in [1.29, 1.82) is 0 Å². The number of halogens is 1. The van der Waals surface area contributed by atoms with Crippen LogP contribution in [0.1, 0.15) is 15.9 Å². The van der Waals surface area contributed by atoms with Gasteiger partial charge in [0.1, 0.15) is 17.3 Å². The monoisotopic (exact) mass is 275 g/mol. The molecule has 0 atom stereocenters. The third kappa shape index (κ3) is 3.26. The number of benzene rings is 2. The molecule has 20 heavy (non-hydrogen) atoms.